The maximum atomic E-state index is 10.9. The van der Waals surface area contributed by atoms with E-state index in [1.807, 2.05) is 13.8 Å². The number of hydrogen-bond donors (Lipinski definition) is 0. The lowest BCUT2D eigenvalue weighted by Crippen LogP contribution is -2.27. The average Bonchev–Trinajstić information content (AvgIpc) is 2.14. The predicted octanol–water partition coefficient (Wildman–Crippen LogP) is 3.19. The van der Waals surface area contributed by atoms with Crippen molar-refractivity contribution in [3.05, 3.63) is 0 Å². The van der Waals surface area contributed by atoms with Crippen LogP contribution < -0.4 is 0 Å². The van der Waals surface area contributed by atoms with Crippen LogP contribution in [0.5, 0.6) is 0 Å². The maximum Gasteiger partial charge on any atom is 0.222 e. The number of hydrogen-bond acceptors (Lipinski definition) is 2. The van der Waals surface area contributed by atoms with Gasteiger partial charge < -0.3 is 9.64 Å². The van der Waals surface area contributed by atoms with Gasteiger partial charge in [0, 0.05) is 26.4 Å². The molecule has 0 saturated carbocycles. The van der Waals surface area contributed by atoms with Gasteiger partial charge in [0.1, 0.15) is 0 Å². The zero-order valence-corrected chi connectivity index (χ0v) is 13.0. The Labute approximate surface area is 113 Å². The summed E-state index contributed by atoms with van der Waals surface area (Å²) in [6.45, 7) is 10.7. The number of amides is 1. The fraction of sp³-hybridized carbons (Fsp3) is 0.933. The number of rotatable bonds is 5. The topological polar surface area (TPSA) is 29.5 Å². The van der Waals surface area contributed by atoms with E-state index < -0.39 is 0 Å². The lowest BCUT2D eigenvalue weighted by atomic mass is 9.97. The van der Waals surface area contributed by atoms with E-state index in [1.54, 1.807) is 19.0 Å². The molecule has 0 N–H and O–H groups in total. The van der Waals surface area contributed by atoms with Crippen molar-refractivity contribution in [2.45, 2.75) is 47.0 Å². The molecule has 1 fully saturated rings. The summed E-state index contributed by atoms with van der Waals surface area (Å²) in [5.41, 5.74) is 0. The normalized spacial score (nSPS) is 15.1. The van der Waals surface area contributed by atoms with Gasteiger partial charge in [0.2, 0.25) is 5.91 Å². The predicted molar refractivity (Wildman–Crippen MR) is 76.5 cm³/mol. The molecule has 0 aromatic heterocycles. The molecule has 108 valence electrons. The molecule has 0 radical (unpaired) electrons. The largest absolute Gasteiger partial charge is 0.381 e. The molecular weight excluding hydrogens is 226 g/mol. The molecule has 18 heavy (non-hydrogen) atoms. The van der Waals surface area contributed by atoms with Gasteiger partial charge in [-0.25, -0.2) is 0 Å². The van der Waals surface area contributed by atoms with Crippen LogP contribution in [-0.4, -0.2) is 38.1 Å². The third-order valence-corrected chi connectivity index (χ3v) is 2.94. The molecule has 0 bridgehead atoms. The SMILES string of the molecule is CC(C)CC(=O)N(C)C.CC(C)CCC1COC1. The second-order valence-corrected chi connectivity index (χ2v) is 6.26. The molecule has 3 heteroatoms. The summed E-state index contributed by atoms with van der Waals surface area (Å²) >= 11 is 0. The van der Waals surface area contributed by atoms with Crippen LogP contribution >= 0.6 is 0 Å². The molecule has 0 aromatic rings. The highest BCUT2D eigenvalue weighted by molar-refractivity contribution is 5.75. The molecule has 0 unspecified atom stereocenters. The summed E-state index contributed by atoms with van der Waals surface area (Å²) in [5, 5.41) is 0. The van der Waals surface area contributed by atoms with E-state index >= 15 is 0 Å². The van der Waals surface area contributed by atoms with Gasteiger partial charge in [0.15, 0.2) is 0 Å². The highest BCUT2D eigenvalue weighted by Crippen LogP contribution is 2.18. The first-order valence-corrected chi connectivity index (χ1v) is 7.10. The minimum absolute atomic E-state index is 0.213. The molecule has 1 rings (SSSR count). The zero-order valence-electron chi connectivity index (χ0n) is 13.0. The lowest BCUT2D eigenvalue weighted by molar-refractivity contribution is -0.129. The van der Waals surface area contributed by atoms with Gasteiger partial charge in [-0.1, -0.05) is 34.1 Å². The Kier molecular flexibility index (Phi) is 9.08. The van der Waals surface area contributed by atoms with E-state index in [1.165, 1.54) is 12.8 Å². The summed E-state index contributed by atoms with van der Waals surface area (Å²) in [6.07, 6.45) is 3.40. The first-order chi connectivity index (χ1) is 8.32. The van der Waals surface area contributed by atoms with Crippen LogP contribution in [0.2, 0.25) is 0 Å². The monoisotopic (exact) mass is 257 g/mol. The molecule has 0 aromatic carbocycles. The number of carbonyl (C=O) groups is 1. The molecule has 0 atom stereocenters. The van der Waals surface area contributed by atoms with Crippen LogP contribution in [0.3, 0.4) is 0 Å². The quantitative estimate of drug-likeness (QED) is 0.757. The van der Waals surface area contributed by atoms with Crippen molar-refractivity contribution in [2.24, 2.45) is 17.8 Å². The smallest absolute Gasteiger partial charge is 0.222 e. The van der Waals surface area contributed by atoms with Crippen molar-refractivity contribution >= 4 is 5.91 Å². The fourth-order valence-corrected chi connectivity index (χ4v) is 1.55. The Balaban J connectivity index is 0.000000321. The molecule has 0 spiro atoms. The van der Waals surface area contributed by atoms with Crippen LogP contribution in [0.4, 0.5) is 0 Å². The zero-order chi connectivity index (χ0) is 14.1. The second kappa shape index (κ2) is 9.37. The van der Waals surface area contributed by atoms with E-state index in [-0.39, 0.29) is 5.91 Å². The fourth-order valence-electron chi connectivity index (χ4n) is 1.55. The van der Waals surface area contributed by atoms with Gasteiger partial charge in [0.05, 0.1) is 13.2 Å². The van der Waals surface area contributed by atoms with Crippen molar-refractivity contribution in [3.63, 3.8) is 0 Å². The van der Waals surface area contributed by atoms with Crippen LogP contribution in [0, 0.1) is 17.8 Å². The molecule has 1 heterocycles. The highest BCUT2D eigenvalue weighted by atomic mass is 16.5. The maximum absolute atomic E-state index is 10.9. The summed E-state index contributed by atoms with van der Waals surface area (Å²) in [4.78, 5) is 12.5. The van der Waals surface area contributed by atoms with Gasteiger partial charge in [-0.3, -0.25) is 4.79 Å². The Morgan fingerprint density at radius 2 is 1.72 bits per heavy atom. The Bertz CT molecular complexity index is 221. The van der Waals surface area contributed by atoms with Gasteiger partial charge in [0.25, 0.3) is 0 Å². The van der Waals surface area contributed by atoms with E-state index in [0.717, 1.165) is 25.0 Å². The molecule has 1 amide bonds. The minimum atomic E-state index is 0.213. The average molecular weight is 257 g/mol. The van der Waals surface area contributed by atoms with Crippen molar-refractivity contribution < 1.29 is 9.53 Å². The lowest BCUT2D eigenvalue weighted by Gasteiger charge is -2.26. The van der Waals surface area contributed by atoms with Crippen LogP contribution in [0.25, 0.3) is 0 Å². The van der Waals surface area contributed by atoms with Gasteiger partial charge >= 0.3 is 0 Å². The first-order valence-electron chi connectivity index (χ1n) is 7.10. The number of carbonyl (C=O) groups excluding carboxylic acids is 1. The standard InChI is InChI=1S/C8H16O.C7H15NO/c1-7(2)3-4-8-5-9-6-8;1-6(2)5-7(9)8(3)4/h7-8H,3-6H2,1-2H3;6H,5H2,1-4H3. The van der Waals surface area contributed by atoms with Gasteiger partial charge in [-0.15, -0.1) is 0 Å². The van der Waals surface area contributed by atoms with Crippen LogP contribution in [0.15, 0.2) is 0 Å². The Morgan fingerprint density at radius 3 is 1.94 bits per heavy atom. The number of ether oxygens (including phenoxy) is 1. The second-order valence-electron chi connectivity index (χ2n) is 6.26. The van der Waals surface area contributed by atoms with Gasteiger partial charge in [-0.05, 0) is 18.3 Å². The first kappa shape index (κ1) is 17.4. The van der Waals surface area contributed by atoms with Crippen LogP contribution in [0.1, 0.15) is 47.0 Å². The summed E-state index contributed by atoms with van der Waals surface area (Å²) in [7, 11) is 3.56. The van der Waals surface area contributed by atoms with E-state index in [0.29, 0.717) is 12.3 Å². The highest BCUT2D eigenvalue weighted by Gasteiger charge is 2.17. The molecule has 1 aliphatic heterocycles. The molecule has 0 aliphatic carbocycles. The third kappa shape index (κ3) is 9.46. The van der Waals surface area contributed by atoms with Crippen molar-refractivity contribution in [3.8, 4) is 0 Å². The van der Waals surface area contributed by atoms with Crippen molar-refractivity contribution in [2.75, 3.05) is 27.3 Å². The van der Waals surface area contributed by atoms with Crippen molar-refractivity contribution in [1.82, 2.24) is 4.90 Å². The minimum Gasteiger partial charge on any atom is -0.381 e. The van der Waals surface area contributed by atoms with E-state index in [2.05, 4.69) is 13.8 Å². The summed E-state index contributed by atoms with van der Waals surface area (Å²) < 4.78 is 5.07. The van der Waals surface area contributed by atoms with E-state index in [9.17, 15) is 4.79 Å². The summed E-state index contributed by atoms with van der Waals surface area (Å²) in [5.74, 6) is 2.45. The molecular formula is C15H31NO2. The molecule has 1 saturated heterocycles. The molecule has 3 nitrogen and oxygen atoms in total. The van der Waals surface area contributed by atoms with Gasteiger partial charge in [-0.2, -0.15) is 0 Å². The van der Waals surface area contributed by atoms with Crippen molar-refractivity contribution in [1.29, 1.82) is 0 Å². The van der Waals surface area contributed by atoms with E-state index in [4.69, 9.17) is 4.74 Å². The van der Waals surface area contributed by atoms with Crippen LogP contribution in [-0.2, 0) is 9.53 Å². The third-order valence-electron chi connectivity index (χ3n) is 2.94. The Morgan fingerprint density at radius 1 is 1.17 bits per heavy atom. The Hall–Kier alpha value is -0.570. The summed E-state index contributed by atoms with van der Waals surface area (Å²) in [6, 6.07) is 0. The molecule has 1 aliphatic rings. The number of nitrogens with zero attached hydrogens (tertiary/aromatic N) is 1.